The van der Waals surface area contributed by atoms with Crippen LogP contribution in [0.15, 0.2) is 36.8 Å². The van der Waals surface area contributed by atoms with Crippen LogP contribution in [0.25, 0.3) is 0 Å². The lowest BCUT2D eigenvalue weighted by atomic mass is 9.98. The summed E-state index contributed by atoms with van der Waals surface area (Å²) in [4.78, 5) is 18.2. The molecule has 0 aromatic carbocycles. The molecule has 2 atom stereocenters. The minimum atomic E-state index is -0.489. The van der Waals surface area contributed by atoms with Crippen molar-refractivity contribution < 1.29 is 18.7 Å². The van der Waals surface area contributed by atoms with Crippen molar-refractivity contribution in [3.05, 3.63) is 48.2 Å². The van der Waals surface area contributed by atoms with Crippen LogP contribution < -0.4 is 4.74 Å². The molecule has 0 unspecified atom stereocenters. The number of halogens is 1. The summed E-state index contributed by atoms with van der Waals surface area (Å²) in [5.41, 5.74) is 0.0693. The van der Waals surface area contributed by atoms with Crippen LogP contribution in [0.3, 0.4) is 0 Å². The Labute approximate surface area is 143 Å². The van der Waals surface area contributed by atoms with E-state index in [9.17, 15) is 9.18 Å². The molecule has 2 aliphatic rings. The first kappa shape index (κ1) is 15.9. The number of hydrogen-bond acceptors (Lipinski definition) is 6. The van der Waals surface area contributed by atoms with Crippen molar-refractivity contribution in [3.8, 4) is 5.88 Å². The van der Waals surface area contributed by atoms with Crippen LogP contribution in [0.1, 0.15) is 23.2 Å². The molecule has 1 spiro atoms. The zero-order chi connectivity index (χ0) is 17.3. The standard InChI is InChI=1S/C17H17FN4O3/c18-14-2-1-5-19-15(14)25-13-8-17(24-10-13)4-7-22(11-17)16(23)12-3-6-20-21-9-12/h1-3,5-6,9,13H,4,7-8,10-11H2/t13-,17-/m0/s1. The summed E-state index contributed by atoms with van der Waals surface area (Å²) in [6, 6.07) is 4.47. The predicted molar refractivity (Wildman–Crippen MR) is 84.5 cm³/mol. The number of hydrogen-bond donors (Lipinski definition) is 0. The van der Waals surface area contributed by atoms with Crippen LogP contribution in [-0.2, 0) is 4.74 Å². The smallest absolute Gasteiger partial charge is 0.255 e. The molecule has 4 heterocycles. The lowest BCUT2D eigenvalue weighted by molar-refractivity contribution is 0.00975. The molecule has 25 heavy (non-hydrogen) atoms. The Hall–Kier alpha value is -2.61. The summed E-state index contributed by atoms with van der Waals surface area (Å²) >= 11 is 0. The Morgan fingerprint density at radius 3 is 3.08 bits per heavy atom. The molecule has 0 saturated carbocycles. The normalized spacial score (nSPS) is 25.5. The molecule has 0 aliphatic carbocycles. The summed E-state index contributed by atoms with van der Waals surface area (Å²) in [7, 11) is 0. The third kappa shape index (κ3) is 3.17. The highest BCUT2D eigenvalue weighted by Crippen LogP contribution is 2.37. The zero-order valence-electron chi connectivity index (χ0n) is 13.5. The van der Waals surface area contributed by atoms with Gasteiger partial charge in [0.25, 0.3) is 11.8 Å². The number of nitrogens with zero attached hydrogens (tertiary/aromatic N) is 4. The van der Waals surface area contributed by atoms with E-state index in [0.717, 1.165) is 6.42 Å². The van der Waals surface area contributed by atoms with E-state index in [0.29, 0.717) is 31.7 Å². The van der Waals surface area contributed by atoms with E-state index in [1.54, 1.807) is 11.0 Å². The Balaban J connectivity index is 1.40. The molecule has 1 amide bonds. The molecule has 7 nitrogen and oxygen atoms in total. The van der Waals surface area contributed by atoms with E-state index < -0.39 is 11.4 Å². The Morgan fingerprint density at radius 1 is 1.36 bits per heavy atom. The molecular weight excluding hydrogens is 327 g/mol. The molecular formula is C17H17FN4O3. The summed E-state index contributed by atoms with van der Waals surface area (Å²) < 4.78 is 25.3. The summed E-state index contributed by atoms with van der Waals surface area (Å²) in [5.74, 6) is -0.589. The fourth-order valence-electron chi connectivity index (χ4n) is 3.40. The van der Waals surface area contributed by atoms with E-state index in [1.165, 1.54) is 30.7 Å². The average molecular weight is 344 g/mol. The molecule has 130 valence electrons. The van der Waals surface area contributed by atoms with Gasteiger partial charge >= 0.3 is 0 Å². The van der Waals surface area contributed by atoms with E-state index in [-0.39, 0.29) is 17.9 Å². The number of ether oxygens (including phenoxy) is 2. The molecule has 2 aromatic heterocycles. The predicted octanol–water partition coefficient (Wildman–Crippen LogP) is 1.46. The number of amides is 1. The minimum Gasteiger partial charge on any atom is -0.470 e. The van der Waals surface area contributed by atoms with Crippen LogP contribution in [-0.4, -0.2) is 57.4 Å². The van der Waals surface area contributed by atoms with Gasteiger partial charge in [-0.15, -0.1) is 0 Å². The Morgan fingerprint density at radius 2 is 2.28 bits per heavy atom. The zero-order valence-corrected chi connectivity index (χ0v) is 13.5. The fourth-order valence-corrected chi connectivity index (χ4v) is 3.40. The third-order valence-corrected chi connectivity index (χ3v) is 4.61. The summed E-state index contributed by atoms with van der Waals surface area (Å²) in [5, 5.41) is 7.43. The second-order valence-electron chi connectivity index (χ2n) is 6.34. The molecule has 2 aliphatic heterocycles. The lowest BCUT2D eigenvalue weighted by Crippen LogP contribution is -2.36. The first-order chi connectivity index (χ1) is 12.2. The van der Waals surface area contributed by atoms with E-state index >= 15 is 0 Å². The van der Waals surface area contributed by atoms with Gasteiger partial charge < -0.3 is 14.4 Å². The first-order valence-electron chi connectivity index (χ1n) is 8.12. The molecule has 0 radical (unpaired) electrons. The summed E-state index contributed by atoms with van der Waals surface area (Å²) in [6.45, 7) is 1.44. The highest BCUT2D eigenvalue weighted by atomic mass is 19.1. The van der Waals surface area contributed by atoms with Crippen molar-refractivity contribution in [2.75, 3.05) is 19.7 Å². The molecule has 2 aromatic rings. The molecule has 8 heteroatoms. The van der Waals surface area contributed by atoms with Gasteiger partial charge in [0.15, 0.2) is 5.82 Å². The molecule has 2 saturated heterocycles. The van der Waals surface area contributed by atoms with Gasteiger partial charge in [-0.3, -0.25) is 4.79 Å². The van der Waals surface area contributed by atoms with Crippen molar-refractivity contribution in [2.24, 2.45) is 0 Å². The average Bonchev–Trinajstić information content (AvgIpc) is 3.24. The fraction of sp³-hybridized carbons (Fsp3) is 0.412. The highest BCUT2D eigenvalue weighted by molar-refractivity contribution is 5.94. The van der Waals surface area contributed by atoms with E-state index in [1.807, 2.05) is 0 Å². The minimum absolute atomic E-state index is 0.0121. The number of aromatic nitrogens is 3. The first-order valence-corrected chi connectivity index (χ1v) is 8.12. The maximum absolute atomic E-state index is 13.7. The van der Waals surface area contributed by atoms with Gasteiger partial charge in [-0.25, -0.2) is 9.37 Å². The monoisotopic (exact) mass is 344 g/mol. The van der Waals surface area contributed by atoms with Crippen molar-refractivity contribution in [1.82, 2.24) is 20.1 Å². The van der Waals surface area contributed by atoms with Gasteiger partial charge in [0.1, 0.15) is 6.10 Å². The van der Waals surface area contributed by atoms with Crippen LogP contribution in [0.2, 0.25) is 0 Å². The third-order valence-electron chi connectivity index (χ3n) is 4.61. The van der Waals surface area contributed by atoms with E-state index in [2.05, 4.69) is 15.2 Å². The molecule has 4 rings (SSSR count). The van der Waals surface area contributed by atoms with Gasteiger partial charge in [0.05, 0.1) is 36.7 Å². The number of likely N-dealkylation sites (tertiary alicyclic amines) is 1. The Bertz CT molecular complexity index is 775. The van der Waals surface area contributed by atoms with Gasteiger partial charge in [-0.2, -0.15) is 10.2 Å². The largest absolute Gasteiger partial charge is 0.470 e. The van der Waals surface area contributed by atoms with Gasteiger partial charge in [0.2, 0.25) is 0 Å². The Kier molecular flexibility index (Phi) is 4.04. The van der Waals surface area contributed by atoms with Crippen LogP contribution in [0, 0.1) is 5.82 Å². The van der Waals surface area contributed by atoms with E-state index in [4.69, 9.17) is 9.47 Å². The van der Waals surface area contributed by atoms with Gasteiger partial charge in [-0.1, -0.05) is 0 Å². The molecule has 2 fully saturated rings. The molecule has 0 N–H and O–H groups in total. The SMILES string of the molecule is O=C(c1ccnnc1)N1CC[C@]2(C[C@H](Oc3ncccc3F)CO2)C1. The van der Waals surface area contributed by atoms with Gasteiger partial charge in [0, 0.05) is 19.2 Å². The number of carbonyl (C=O) groups is 1. The van der Waals surface area contributed by atoms with Crippen molar-refractivity contribution in [1.29, 1.82) is 0 Å². The van der Waals surface area contributed by atoms with Crippen molar-refractivity contribution in [2.45, 2.75) is 24.5 Å². The topological polar surface area (TPSA) is 77.4 Å². The van der Waals surface area contributed by atoms with Crippen LogP contribution in [0.4, 0.5) is 4.39 Å². The van der Waals surface area contributed by atoms with Crippen molar-refractivity contribution >= 4 is 5.91 Å². The van der Waals surface area contributed by atoms with Gasteiger partial charge in [-0.05, 0) is 24.6 Å². The number of pyridine rings is 1. The van der Waals surface area contributed by atoms with Crippen LogP contribution >= 0.6 is 0 Å². The highest BCUT2D eigenvalue weighted by Gasteiger charge is 2.47. The number of rotatable bonds is 3. The quantitative estimate of drug-likeness (QED) is 0.839. The van der Waals surface area contributed by atoms with Crippen LogP contribution in [0.5, 0.6) is 5.88 Å². The lowest BCUT2D eigenvalue weighted by Gasteiger charge is -2.23. The second-order valence-corrected chi connectivity index (χ2v) is 6.34. The second kappa shape index (κ2) is 6.36. The van der Waals surface area contributed by atoms with Crippen molar-refractivity contribution in [3.63, 3.8) is 0 Å². The maximum atomic E-state index is 13.7. The maximum Gasteiger partial charge on any atom is 0.255 e. The summed E-state index contributed by atoms with van der Waals surface area (Å²) in [6.07, 6.45) is 5.49. The number of carbonyl (C=O) groups excluding carboxylic acids is 1. The molecule has 0 bridgehead atoms.